The summed E-state index contributed by atoms with van der Waals surface area (Å²) >= 11 is 6.10. The molecule has 0 bridgehead atoms. The highest BCUT2D eigenvalue weighted by atomic mass is 35.5. The van der Waals surface area contributed by atoms with Gasteiger partial charge in [-0.15, -0.1) is 0 Å². The van der Waals surface area contributed by atoms with E-state index in [0.717, 1.165) is 51.6 Å². The Labute approximate surface area is 203 Å². The van der Waals surface area contributed by atoms with Crippen LogP contribution in [0, 0.1) is 17.7 Å². The fraction of sp³-hybridized carbons (Fsp3) is 0.727. The van der Waals surface area contributed by atoms with Gasteiger partial charge in [-0.05, 0) is 43.3 Å². The summed E-state index contributed by atoms with van der Waals surface area (Å²) in [4.78, 5) is 36.1. The standard InChI is InChI=1S/C22H33ClFN7O3/c23-22-25-19(18(24)20(26-22)30-10-9-29-8-4-3-7-17(29)13-30)27-28-21(33)16(12-31(34)14-32)11-15-5-1-2-6-15/h14-17,34H,1-13H2,(H,28,33)(H,25,26,27)/t16-,17?/m0/s1. The van der Waals surface area contributed by atoms with Crippen molar-refractivity contribution in [3.05, 3.63) is 11.1 Å². The third-order valence-electron chi connectivity index (χ3n) is 7.24. The first-order chi connectivity index (χ1) is 16.4. The van der Waals surface area contributed by atoms with Gasteiger partial charge in [0.2, 0.25) is 23.4 Å². The van der Waals surface area contributed by atoms with E-state index in [1.807, 2.05) is 4.90 Å². The molecule has 2 aliphatic heterocycles. The largest absolute Gasteiger partial charge is 0.351 e. The molecule has 3 aliphatic rings. The summed E-state index contributed by atoms with van der Waals surface area (Å²) in [5.41, 5.74) is 5.04. The molecule has 3 heterocycles. The first-order valence-corrected chi connectivity index (χ1v) is 12.5. The Bertz CT molecular complexity index is 873. The maximum atomic E-state index is 15.4. The fourth-order valence-electron chi connectivity index (χ4n) is 5.45. The van der Waals surface area contributed by atoms with Gasteiger partial charge >= 0.3 is 0 Å². The van der Waals surface area contributed by atoms with E-state index >= 15 is 4.39 Å². The topological polar surface area (TPSA) is 114 Å². The number of fused-ring (bicyclic) bond motifs is 1. The van der Waals surface area contributed by atoms with Gasteiger partial charge in [0.1, 0.15) is 0 Å². The zero-order valence-corrected chi connectivity index (χ0v) is 20.0. The predicted molar refractivity (Wildman–Crippen MR) is 125 cm³/mol. The molecule has 12 heteroatoms. The van der Waals surface area contributed by atoms with Gasteiger partial charge < -0.3 is 4.90 Å². The Morgan fingerprint density at radius 2 is 1.97 bits per heavy atom. The number of carbonyl (C=O) groups is 2. The second kappa shape index (κ2) is 11.5. The molecule has 1 aliphatic carbocycles. The van der Waals surface area contributed by atoms with Crippen molar-refractivity contribution in [2.24, 2.45) is 11.8 Å². The summed E-state index contributed by atoms with van der Waals surface area (Å²) < 4.78 is 15.4. The van der Waals surface area contributed by atoms with Gasteiger partial charge in [-0.3, -0.25) is 30.5 Å². The molecule has 1 aromatic heterocycles. The molecule has 0 spiro atoms. The van der Waals surface area contributed by atoms with Crippen molar-refractivity contribution >= 4 is 35.6 Å². The maximum Gasteiger partial charge on any atom is 0.243 e. The van der Waals surface area contributed by atoms with Gasteiger partial charge in [0.05, 0.1) is 12.5 Å². The van der Waals surface area contributed by atoms with E-state index in [1.165, 1.54) is 6.42 Å². The molecule has 3 fully saturated rings. The smallest absolute Gasteiger partial charge is 0.243 e. The molecule has 2 amide bonds. The molecule has 34 heavy (non-hydrogen) atoms. The van der Waals surface area contributed by atoms with E-state index in [4.69, 9.17) is 11.6 Å². The molecule has 10 nitrogen and oxygen atoms in total. The minimum atomic E-state index is -0.682. The van der Waals surface area contributed by atoms with Crippen molar-refractivity contribution in [1.29, 1.82) is 0 Å². The highest BCUT2D eigenvalue weighted by Crippen LogP contribution is 2.31. The zero-order chi connectivity index (χ0) is 24.1. The van der Waals surface area contributed by atoms with Crippen molar-refractivity contribution < 1.29 is 19.2 Å². The average Bonchev–Trinajstić information content (AvgIpc) is 3.36. The number of nitrogens with one attached hydrogen (secondary N) is 2. The number of aromatic nitrogens is 2. The lowest BCUT2D eigenvalue weighted by Gasteiger charge is -2.44. The lowest BCUT2D eigenvalue weighted by atomic mass is 9.92. The van der Waals surface area contributed by atoms with Gasteiger partial charge in [0, 0.05) is 25.7 Å². The van der Waals surface area contributed by atoms with E-state index < -0.39 is 17.6 Å². The normalized spacial score (nSPS) is 22.2. The monoisotopic (exact) mass is 497 g/mol. The number of nitrogens with zero attached hydrogens (tertiary/aromatic N) is 5. The summed E-state index contributed by atoms with van der Waals surface area (Å²) in [5, 5.41) is 9.98. The summed E-state index contributed by atoms with van der Waals surface area (Å²) in [7, 11) is 0. The number of anilines is 2. The molecule has 4 rings (SSSR count). The quantitative estimate of drug-likeness (QED) is 0.206. The predicted octanol–water partition coefficient (Wildman–Crippen LogP) is 2.43. The van der Waals surface area contributed by atoms with E-state index in [-0.39, 0.29) is 29.9 Å². The molecule has 0 aromatic carbocycles. The Morgan fingerprint density at radius 3 is 2.74 bits per heavy atom. The summed E-state index contributed by atoms with van der Waals surface area (Å²) in [6.07, 6.45) is 8.47. The third-order valence-corrected chi connectivity index (χ3v) is 7.41. The van der Waals surface area contributed by atoms with E-state index in [9.17, 15) is 14.8 Å². The van der Waals surface area contributed by atoms with E-state index in [2.05, 4.69) is 25.7 Å². The molecule has 2 atom stereocenters. The average molecular weight is 498 g/mol. The molecular formula is C22H33ClFN7O3. The zero-order valence-electron chi connectivity index (χ0n) is 19.3. The molecule has 2 saturated heterocycles. The van der Waals surface area contributed by atoms with Crippen LogP contribution in [0.5, 0.6) is 0 Å². The minimum Gasteiger partial charge on any atom is -0.351 e. The second-order valence-corrected chi connectivity index (χ2v) is 9.87. The van der Waals surface area contributed by atoms with Crippen LogP contribution in [0.15, 0.2) is 0 Å². The van der Waals surface area contributed by atoms with E-state index in [1.54, 1.807) is 0 Å². The summed E-state index contributed by atoms with van der Waals surface area (Å²) in [5.74, 6) is -1.54. The van der Waals surface area contributed by atoms with Gasteiger partial charge in [-0.2, -0.15) is 14.4 Å². The number of hydrogen-bond donors (Lipinski definition) is 3. The van der Waals surface area contributed by atoms with Crippen LogP contribution in [0.4, 0.5) is 16.0 Å². The number of carbonyl (C=O) groups excluding carboxylic acids is 2. The fourth-order valence-corrected chi connectivity index (χ4v) is 5.62. The Morgan fingerprint density at radius 1 is 1.21 bits per heavy atom. The van der Waals surface area contributed by atoms with Crippen LogP contribution in [-0.2, 0) is 9.59 Å². The first kappa shape index (κ1) is 24.9. The van der Waals surface area contributed by atoms with Gasteiger partial charge in [-0.25, -0.2) is 5.06 Å². The second-order valence-electron chi connectivity index (χ2n) is 9.54. The van der Waals surface area contributed by atoms with Crippen molar-refractivity contribution in [3.8, 4) is 0 Å². The van der Waals surface area contributed by atoms with Crippen LogP contribution < -0.4 is 15.8 Å². The number of halogens is 2. The number of piperazine rings is 1. The van der Waals surface area contributed by atoms with Gasteiger partial charge in [0.25, 0.3) is 0 Å². The SMILES string of the molecule is O=CN(O)C[C@H](CC1CCCC1)C(=O)NNc1nc(Cl)nc(N2CCN3CCCCC3C2)c1F. The number of piperidine rings is 1. The Balaban J connectivity index is 1.42. The summed E-state index contributed by atoms with van der Waals surface area (Å²) in [6.45, 7) is 3.06. The molecule has 3 N–H and O–H groups in total. The molecular weight excluding hydrogens is 465 g/mol. The number of hydroxylamine groups is 2. The first-order valence-electron chi connectivity index (χ1n) is 12.1. The van der Waals surface area contributed by atoms with Crippen LogP contribution in [0.3, 0.4) is 0 Å². The molecule has 1 saturated carbocycles. The third kappa shape index (κ3) is 6.05. The van der Waals surface area contributed by atoms with Crippen molar-refractivity contribution in [1.82, 2.24) is 25.4 Å². The highest BCUT2D eigenvalue weighted by molar-refractivity contribution is 6.28. The molecule has 1 unspecified atom stereocenters. The lowest BCUT2D eigenvalue weighted by molar-refractivity contribution is -0.154. The van der Waals surface area contributed by atoms with Crippen LogP contribution in [0.2, 0.25) is 5.28 Å². The van der Waals surface area contributed by atoms with E-state index in [0.29, 0.717) is 36.5 Å². The van der Waals surface area contributed by atoms with Crippen LogP contribution in [0.25, 0.3) is 0 Å². The van der Waals surface area contributed by atoms with Gasteiger partial charge in [0.15, 0.2) is 11.6 Å². The lowest BCUT2D eigenvalue weighted by Crippen LogP contribution is -2.55. The molecule has 0 radical (unpaired) electrons. The van der Waals surface area contributed by atoms with Crippen molar-refractivity contribution in [2.45, 2.75) is 57.4 Å². The molecule has 188 valence electrons. The van der Waals surface area contributed by atoms with Crippen LogP contribution in [-0.4, -0.2) is 76.2 Å². The number of rotatable bonds is 9. The Kier molecular flexibility index (Phi) is 8.38. The summed E-state index contributed by atoms with van der Waals surface area (Å²) in [6, 6.07) is 0.363. The number of hydrogen-bond acceptors (Lipinski definition) is 8. The van der Waals surface area contributed by atoms with Gasteiger partial charge in [-0.1, -0.05) is 32.1 Å². The molecule has 1 aromatic rings. The number of amides is 2. The highest BCUT2D eigenvalue weighted by Gasteiger charge is 2.32. The maximum absolute atomic E-state index is 15.4. The van der Waals surface area contributed by atoms with Crippen molar-refractivity contribution in [3.63, 3.8) is 0 Å². The van der Waals surface area contributed by atoms with Crippen LogP contribution in [0.1, 0.15) is 51.4 Å². The van der Waals surface area contributed by atoms with Crippen LogP contribution >= 0.6 is 11.6 Å². The number of hydrazine groups is 1. The van der Waals surface area contributed by atoms with Crippen molar-refractivity contribution in [2.75, 3.05) is 43.0 Å². The minimum absolute atomic E-state index is 0.118. The Hall–Kier alpha value is -2.24.